The molecule has 0 fully saturated rings. The first-order valence-electron chi connectivity index (χ1n) is 7.89. The van der Waals surface area contributed by atoms with E-state index in [1.54, 1.807) is 34.6 Å². The number of rotatable bonds is 5. The van der Waals surface area contributed by atoms with Gasteiger partial charge in [-0.15, -0.1) is 10.2 Å². The molecule has 0 radical (unpaired) electrons. The van der Waals surface area contributed by atoms with E-state index in [1.165, 1.54) is 14.2 Å². The topological polar surface area (TPSA) is 99.6 Å². The van der Waals surface area contributed by atoms with Gasteiger partial charge in [-0.3, -0.25) is 0 Å². The number of aromatic hydroxyl groups is 1. The van der Waals surface area contributed by atoms with Gasteiger partial charge in [0.25, 0.3) is 5.95 Å². The van der Waals surface area contributed by atoms with Crippen LogP contribution in [0.2, 0.25) is 0 Å². The zero-order valence-corrected chi connectivity index (χ0v) is 15.3. The van der Waals surface area contributed by atoms with Gasteiger partial charge in [0.15, 0.2) is 17.3 Å². The summed E-state index contributed by atoms with van der Waals surface area (Å²) in [6.07, 6.45) is 1.61. The van der Waals surface area contributed by atoms with Gasteiger partial charge < -0.3 is 14.6 Å². The van der Waals surface area contributed by atoms with Crippen LogP contribution in [0.1, 0.15) is 22.8 Å². The van der Waals surface area contributed by atoms with Crippen LogP contribution in [0.25, 0.3) is 5.95 Å². The Kier molecular flexibility index (Phi) is 4.61. The Morgan fingerprint density at radius 1 is 1.04 bits per heavy atom. The minimum absolute atomic E-state index is 0.0593. The highest BCUT2D eigenvalue weighted by molar-refractivity contribution is 5.82. The third-order valence-electron chi connectivity index (χ3n) is 3.80. The van der Waals surface area contributed by atoms with E-state index in [0.717, 1.165) is 11.4 Å². The highest BCUT2D eigenvalue weighted by Gasteiger charge is 2.14. The van der Waals surface area contributed by atoms with Crippen molar-refractivity contribution in [3.05, 3.63) is 41.0 Å². The van der Waals surface area contributed by atoms with E-state index in [-0.39, 0.29) is 5.75 Å². The SMILES string of the molecule is COc1cc(/C=N\n2c(C)nnc2-n2nc(C)cc2C)cc(OC)c1O. The van der Waals surface area contributed by atoms with Crippen molar-refractivity contribution in [3.8, 4) is 23.2 Å². The smallest absolute Gasteiger partial charge is 0.273 e. The lowest BCUT2D eigenvalue weighted by atomic mass is 10.2. The highest BCUT2D eigenvalue weighted by atomic mass is 16.5. The Hall–Kier alpha value is -3.36. The molecule has 26 heavy (non-hydrogen) atoms. The number of phenolic OH excluding ortho intramolecular Hbond substituents is 1. The van der Waals surface area contributed by atoms with Crippen molar-refractivity contribution in [2.24, 2.45) is 5.10 Å². The molecular weight excluding hydrogens is 336 g/mol. The molecule has 0 aliphatic carbocycles. The van der Waals surface area contributed by atoms with Crippen molar-refractivity contribution < 1.29 is 14.6 Å². The standard InChI is InChI=1S/C17H20N6O3/c1-10-6-11(2)22(21-10)17-20-19-12(3)23(17)18-9-13-7-14(25-4)16(24)15(8-13)26-5/h6-9,24H,1-5H3/b18-9-. The Morgan fingerprint density at radius 2 is 1.69 bits per heavy atom. The number of phenols is 1. The molecule has 3 rings (SSSR count). The number of methoxy groups -OCH3 is 2. The summed E-state index contributed by atoms with van der Waals surface area (Å²) in [6.45, 7) is 5.65. The fraction of sp³-hybridized carbons (Fsp3) is 0.294. The summed E-state index contributed by atoms with van der Waals surface area (Å²) in [5.74, 6) is 1.63. The van der Waals surface area contributed by atoms with Crippen LogP contribution in [-0.4, -0.2) is 50.2 Å². The second-order valence-electron chi connectivity index (χ2n) is 5.72. The molecule has 0 saturated heterocycles. The molecule has 0 atom stereocenters. The largest absolute Gasteiger partial charge is 0.502 e. The summed E-state index contributed by atoms with van der Waals surface area (Å²) in [5, 5.41) is 27.1. The molecule has 0 aliphatic heterocycles. The first-order chi connectivity index (χ1) is 12.4. The highest BCUT2D eigenvalue weighted by Crippen LogP contribution is 2.36. The summed E-state index contributed by atoms with van der Waals surface area (Å²) in [6, 6.07) is 5.27. The zero-order chi connectivity index (χ0) is 18.8. The number of nitrogens with zero attached hydrogens (tertiary/aromatic N) is 6. The molecule has 0 unspecified atom stereocenters. The molecule has 2 aromatic heterocycles. The molecule has 0 spiro atoms. The van der Waals surface area contributed by atoms with E-state index < -0.39 is 0 Å². The summed E-state index contributed by atoms with van der Waals surface area (Å²) >= 11 is 0. The van der Waals surface area contributed by atoms with Crippen molar-refractivity contribution in [3.63, 3.8) is 0 Å². The molecule has 0 saturated carbocycles. The van der Waals surface area contributed by atoms with E-state index in [9.17, 15) is 5.11 Å². The average Bonchev–Trinajstić information content (AvgIpc) is 3.15. The summed E-state index contributed by atoms with van der Waals surface area (Å²) in [7, 11) is 2.94. The van der Waals surface area contributed by atoms with Gasteiger partial charge in [-0.25, -0.2) is 4.68 Å². The van der Waals surface area contributed by atoms with E-state index in [1.807, 2.05) is 19.9 Å². The molecule has 136 valence electrons. The molecule has 3 aromatic rings. The molecule has 1 N–H and O–H groups in total. The minimum Gasteiger partial charge on any atom is -0.502 e. The molecule has 0 bridgehead atoms. The monoisotopic (exact) mass is 356 g/mol. The maximum absolute atomic E-state index is 10.0. The number of aromatic nitrogens is 5. The van der Waals surface area contributed by atoms with Crippen LogP contribution in [0.4, 0.5) is 0 Å². The molecule has 1 aromatic carbocycles. The fourth-order valence-corrected chi connectivity index (χ4v) is 2.56. The normalized spacial score (nSPS) is 11.3. The van der Waals surface area contributed by atoms with Crippen molar-refractivity contribution >= 4 is 6.21 Å². The van der Waals surface area contributed by atoms with Crippen LogP contribution in [0.5, 0.6) is 17.2 Å². The molecule has 2 heterocycles. The molecule has 9 heteroatoms. The quantitative estimate of drug-likeness (QED) is 0.702. The summed E-state index contributed by atoms with van der Waals surface area (Å²) in [4.78, 5) is 0. The van der Waals surface area contributed by atoms with E-state index in [0.29, 0.717) is 28.8 Å². The van der Waals surface area contributed by atoms with Crippen LogP contribution in [0, 0.1) is 20.8 Å². The van der Waals surface area contributed by atoms with E-state index >= 15 is 0 Å². The van der Waals surface area contributed by atoms with Gasteiger partial charge in [-0.05, 0) is 39.0 Å². The lowest BCUT2D eigenvalue weighted by Crippen LogP contribution is -2.08. The predicted molar refractivity (Wildman–Crippen MR) is 95.6 cm³/mol. The molecule has 0 amide bonds. The van der Waals surface area contributed by atoms with Gasteiger partial charge in [0, 0.05) is 11.3 Å². The van der Waals surface area contributed by atoms with Crippen molar-refractivity contribution in [1.82, 2.24) is 24.7 Å². The number of hydrogen-bond acceptors (Lipinski definition) is 7. The number of aryl methyl sites for hydroxylation is 3. The van der Waals surface area contributed by atoms with Gasteiger partial charge in [0.05, 0.1) is 26.1 Å². The molecule has 0 aliphatic rings. The van der Waals surface area contributed by atoms with Gasteiger partial charge in [0.1, 0.15) is 0 Å². The number of hydrogen-bond donors (Lipinski definition) is 1. The van der Waals surface area contributed by atoms with Crippen LogP contribution in [0.3, 0.4) is 0 Å². The van der Waals surface area contributed by atoms with Crippen LogP contribution >= 0.6 is 0 Å². The number of benzene rings is 1. The summed E-state index contributed by atoms with van der Waals surface area (Å²) in [5.41, 5.74) is 2.50. The third kappa shape index (κ3) is 3.10. The Morgan fingerprint density at radius 3 is 2.23 bits per heavy atom. The Bertz CT molecular complexity index is 948. The lowest BCUT2D eigenvalue weighted by molar-refractivity contribution is 0.340. The van der Waals surface area contributed by atoms with Gasteiger partial charge in [-0.2, -0.15) is 14.9 Å². The van der Waals surface area contributed by atoms with E-state index in [2.05, 4.69) is 20.4 Å². The third-order valence-corrected chi connectivity index (χ3v) is 3.80. The summed E-state index contributed by atoms with van der Waals surface area (Å²) < 4.78 is 13.6. The van der Waals surface area contributed by atoms with Crippen molar-refractivity contribution in [1.29, 1.82) is 0 Å². The zero-order valence-electron chi connectivity index (χ0n) is 15.3. The molecular formula is C17H20N6O3. The first kappa shape index (κ1) is 17.5. The van der Waals surface area contributed by atoms with Crippen LogP contribution < -0.4 is 9.47 Å². The average molecular weight is 356 g/mol. The van der Waals surface area contributed by atoms with Crippen LogP contribution in [0.15, 0.2) is 23.3 Å². The second kappa shape index (κ2) is 6.87. The Balaban J connectivity index is 2.02. The van der Waals surface area contributed by atoms with Crippen molar-refractivity contribution in [2.75, 3.05) is 14.2 Å². The first-order valence-corrected chi connectivity index (χ1v) is 7.89. The molecule has 9 nitrogen and oxygen atoms in total. The lowest BCUT2D eigenvalue weighted by Gasteiger charge is -2.09. The van der Waals surface area contributed by atoms with Gasteiger partial charge in [-0.1, -0.05) is 0 Å². The minimum atomic E-state index is -0.0593. The second-order valence-corrected chi connectivity index (χ2v) is 5.72. The van der Waals surface area contributed by atoms with E-state index in [4.69, 9.17) is 9.47 Å². The maximum Gasteiger partial charge on any atom is 0.273 e. The predicted octanol–water partition coefficient (Wildman–Crippen LogP) is 1.99. The van der Waals surface area contributed by atoms with Gasteiger partial charge in [0.2, 0.25) is 5.75 Å². The van der Waals surface area contributed by atoms with Crippen molar-refractivity contribution in [2.45, 2.75) is 20.8 Å². The van der Waals surface area contributed by atoms with Crippen LogP contribution in [-0.2, 0) is 0 Å². The van der Waals surface area contributed by atoms with Gasteiger partial charge >= 0.3 is 0 Å². The maximum atomic E-state index is 10.0. The fourth-order valence-electron chi connectivity index (χ4n) is 2.56. The Labute approximate surface area is 150 Å². The number of ether oxygens (including phenoxy) is 2.